The summed E-state index contributed by atoms with van der Waals surface area (Å²) in [6, 6.07) is 3.44. The molecule has 0 aromatic heterocycles. The van der Waals surface area contributed by atoms with Gasteiger partial charge in [0.05, 0.1) is 12.1 Å². The van der Waals surface area contributed by atoms with Crippen LogP contribution in [0.5, 0.6) is 5.75 Å². The van der Waals surface area contributed by atoms with Crippen LogP contribution in [0.1, 0.15) is 24.8 Å². The molecule has 1 fully saturated rings. The SMILES string of the molecule is COc1c(Cl)cc(C2(CN)CCC2)cc1S(C)(=O)=O. The second-order valence-electron chi connectivity index (χ2n) is 5.10. The van der Waals surface area contributed by atoms with Gasteiger partial charge in [0.25, 0.3) is 0 Å². The van der Waals surface area contributed by atoms with Crippen molar-refractivity contribution >= 4 is 21.4 Å². The fourth-order valence-corrected chi connectivity index (χ4v) is 3.79. The van der Waals surface area contributed by atoms with Crippen LogP contribution in [0.2, 0.25) is 5.02 Å². The van der Waals surface area contributed by atoms with E-state index in [4.69, 9.17) is 22.1 Å². The molecule has 0 saturated heterocycles. The summed E-state index contributed by atoms with van der Waals surface area (Å²) in [6.45, 7) is 0.499. The number of rotatable bonds is 4. The minimum Gasteiger partial charge on any atom is -0.494 e. The summed E-state index contributed by atoms with van der Waals surface area (Å²) in [5.74, 6) is 0.208. The molecule has 1 aromatic rings. The van der Waals surface area contributed by atoms with Crippen LogP contribution in [-0.4, -0.2) is 28.3 Å². The Morgan fingerprint density at radius 2 is 2.05 bits per heavy atom. The number of methoxy groups -OCH3 is 1. The molecule has 0 unspecified atom stereocenters. The molecule has 106 valence electrons. The van der Waals surface area contributed by atoms with Crippen molar-refractivity contribution in [3.63, 3.8) is 0 Å². The van der Waals surface area contributed by atoms with Gasteiger partial charge in [0.1, 0.15) is 4.90 Å². The number of benzene rings is 1. The van der Waals surface area contributed by atoms with E-state index in [2.05, 4.69) is 0 Å². The summed E-state index contributed by atoms with van der Waals surface area (Å²) in [4.78, 5) is 0.136. The van der Waals surface area contributed by atoms with E-state index in [9.17, 15) is 8.42 Å². The predicted octanol–water partition coefficient (Wildman–Crippen LogP) is 2.13. The molecule has 1 aromatic carbocycles. The van der Waals surface area contributed by atoms with Crippen molar-refractivity contribution in [2.24, 2.45) is 5.73 Å². The van der Waals surface area contributed by atoms with Gasteiger partial charge in [-0.05, 0) is 30.5 Å². The molecular formula is C13H18ClNO3S. The predicted molar refractivity (Wildman–Crippen MR) is 75.7 cm³/mol. The van der Waals surface area contributed by atoms with Crippen molar-refractivity contribution < 1.29 is 13.2 Å². The van der Waals surface area contributed by atoms with Crippen LogP contribution < -0.4 is 10.5 Å². The lowest BCUT2D eigenvalue weighted by Crippen LogP contribution is -2.41. The van der Waals surface area contributed by atoms with E-state index in [1.165, 1.54) is 7.11 Å². The smallest absolute Gasteiger partial charge is 0.179 e. The van der Waals surface area contributed by atoms with E-state index >= 15 is 0 Å². The Morgan fingerprint density at radius 1 is 1.42 bits per heavy atom. The van der Waals surface area contributed by atoms with E-state index in [1.807, 2.05) is 0 Å². The lowest BCUT2D eigenvalue weighted by molar-refractivity contribution is 0.252. The molecule has 0 spiro atoms. The van der Waals surface area contributed by atoms with Crippen molar-refractivity contribution in [2.75, 3.05) is 19.9 Å². The maximum absolute atomic E-state index is 11.9. The average Bonchev–Trinajstić information content (AvgIpc) is 2.26. The first kappa shape index (κ1) is 14.6. The molecule has 0 amide bonds. The van der Waals surface area contributed by atoms with Crippen LogP contribution in [0.15, 0.2) is 17.0 Å². The molecule has 6 heteroatoms. The molecule has 0 atom stereocenters. The molecule has 0 radical (unpaired) electrons. The van der Waals surface area contributed by atoms with E-state index in [0.717, 1.165) is 31.1 Å². The average molecular weight is 304 g/mol. The number of sulfone groups is 1. The van der Waals surface area contributed by atoms with Crippen LogP contribution in [0.4, 0.5) is 0 Å². The minimum absolute atomic E-state index is 0.130. The van der Waals surface area contributed by atoms with Crippen molar-refractivity contribution in [2.45, 2.75) is 29.6 Å². The fraction of sp³-hybridized carbons (Fsp3) is 0.538. The van der Waals surface area contributed by atoms with Gasteiger partial charge in [-0.1, -0.05) is 18.0 Å². The maximum atomic E-state index is 11.9. The zero-order chi connectivity index (χ0) is 14.3. The second kappa shape index (κ2) is 4.96. The van der Waals surface area contributed by atoms with Gasteiger partial charge in [-0.15, -0.1) is 0 Å². The van der Waals surface area contributed by atoms with Gasteiger partial charge in [0, 0.05) is 18.2 Å². The van der Waals surface area contributed by atoms with E-state index in [1.54, 1.807) is 12.1 Å². The molecule has 1 aliphatic carbocycles. The normalized spacial score (nSPS) is 17.9. The summed E-state index contributed by atoms with van der Waals surface area (Å²) < 4.78 is 28.9. The molecule has 4 nitrogen and oxygen atoms in total. The van der Waals surface area contributed by atoms with Crippen molar-refractivity contribution in [3.05, 3.63) is 22.7 Å². The highest BCUT2D eigenvalue weighted by atomic mass is 35.5. The summed E-state index contributed by atoms with van der Waals surface area (Å²) in [7, 11) is -1.98. The molecule has 2 N–H and O–H groups in total. The zero-order valence-electron chi connectivity index (χ0n) is 11.1. The minimum atomic E-state index is -3.39. The number of hydrogen-bond donors (Lipinski definition) is 1. The molecule has 19 heavy (non-hydrogen) atoms. The first-order chi connectivity index (χ1) is 8.84. The second-order valence-corrected chi connectivity index (χ2v) is 7.49. The topological polar surface area (TPSA) is 69.4 Å². The van der Waals surface area contributed by atoms with E-state index in [0.29, 0.717) is 11.6 Å². The zero-order valence-corrected chi connectivity index (χ0v) is 12.6. The van der Waals surface area contributed by atoms with Gasteiger partial charge in [0.2, 0.25) is 0 Å². The van der Waals surface area contributed by atoms with Crippen LogP contribution in [0.3, 0.4) is 0 Å². The van der Waals surface area contributed by atoms with E-state index < -0.39 is 9.84 Å². The molecule has 0 aliphatic heterocycles. The number of nitrogens with two attached hydrogens (primary N) is 1. The number of hydrogen-bond acceptors (Lipinski definition) is 4. The standard InChI is InChI=1S/C13H18ClNO3S/c1-18-12-10(14)6-9(7-11(12)19(2,16)17)13(8-15)4-3-5-13/h6-7H,3-5,8,15H2,1-2H3. The van der Waals surface area contributed by atoms with Gasteiger partial charge in [-0.25, -0.2) is 8.42 Å². The Bertz CT molecular complexity index is 589. The Kier molecular flexibility index (Phi) is 3.82. The van der Waals surface area contributed by atoms with Gasteiger partial charge >= 0.3 is 0 Å². The maximum Gasteiger partial charge on any atom is 0.179 e. The summed E-state index contributed by atoms with van der Waals surface area (Å²) >= 11 is 6.15. The Morgan fingerprint density at radius 3 is 2.42 bits per heavy atom. The first-order valence-corrected chi connectivity index (χ1v) is 8.39. The monoisotopic (exact) mass is 303 g/mol. The Labute approximate surface area is 118 Å². The van der Waals surface area contributed by atoms with Crippen LogP contribution in [-0.2, 0) is 15.3 Å². The molecule has 0 heterocycles. The summed E-state index contributed by atoms with van der Waals surface area (Å²) in [5, 5.41) is 0.320. The van der Waals surface area contributed by atoms with Gasteiger partial charge in [-0.3, -0.25) is 0 Å². The fourth-order valence-electron chi connectivity index (χ4n) is 2.56. The third-order valence-corrected chi connectivity index (χ3v) is 5.31. The Hall–Kier alpha value is -0.780. The molecule has 2 rings (SSSR count). The highest BCUT2D eigenvalue weighted by molar-refractivity contribution is 7.90. The number of ether oxygens (including phenoxy) is 1. The summed E-state index contributed by atoms with van der Waals surface area (Å²) in [6.07, 6.45) is 4.20. The van der Waals surface area contributed by atoms with Gasteiger partial charge in [0.15, 0.2) is 15.6 Å². The molecule has 1 aliphatic rings. The van der Waals surface area contributed by atoms with Crippen molar-refractivity contribution in [1.29, 1.82) is 0 Å². The van der Waals surface area contributed by atoms with Crippen LogP contribution in [0, 0.1) is 0 Å². The molecule has 0 bridgehead atoms. The van der Waals surface area contributed by atoms with Crippen LogP contribution >= 0.6 is 11.6 Å². The largest absolute Gasteiger partial charge is 0.494 e. The Balaban J connectivity index is 2.64. The molecular weight excluding hydrogens is 286 g/mol. The van der Waals surface area contributed by atoms with Crippen molar-refractivity contribution in [1.82, 2.24) is 0 Å². The number of halogens is 1. The highest BCUT2D eigenvalue weighted by Gasteiger charge is 2.38. The highest BCUT2D eigenvalue weighted by Crippen LogP contribution is 2.46. The third-order valence-electron chi connectivity index (χ3n) is 3.93. The van der Waals surface area contributed by atoms with E-state index in [-0.39, 0.29) is 16.1 Å². The molecule has 1 saturated carbocycles. The van der Waals surface area contributed by atoms with Gasteiger partial charge in [-0.2, -0.15) is 0 Å². The quantitative estimate of drug-likeness (QED) is 0.925. The first-order valence-electron chi connectivity index (χ1n) is 6.12. The third kappa shape index (κ3) is 2.47. The summed E-state index contributed by atoms with van der Waals surface area (Å²) in [5.41, 5.74) is 6.62. The van der Waals surface area contributed by atoms with Crippen molar-refractivity contribution in [3.8, 4) is 5.75 Å². The lowest BCUT2D eigenvalue weighted by atomic mass is 9.64. The van der Waals surface area contributed by atoms with Gasteiger partial charge < -0.3 is 10.5 Å². The lowest BCUT2D eigenvalue weighted by Gasteiger charge is -2.41. The van der Waals surface area contributed by atoms with Crippen LogP contribution in [0.25, 0.3) is 0 Å².